The molecule has 1 atom stereocenters. The van der Waals surface area contributed by atoms with E-state index in [0.29, 0.717) is 19.6 Å². The second kappa shape index (κ2) is 7.06. The van der Waals surface area contributed by atoms with Gasteiger partial charge in [0.05, 0.1) is 6.04 Å². The van der Waals surface area contributed by atoms with Crippen molar-refractivity contribution in [3.63, 3.8) is 0 Å². The lowest BCUT2D eigenvalue weighted by molar-refractivity contribution is -0.122. The molecule has 2 N–H and O–H groups in total. The summed E-state index contributed by atoms with van der Waals surface area (Å²) < 4.78 is 28.0. The van der Waals surface area contributed by atoms with Gasteiger partial charge in [-0.2, -0.15) is 17.4 Å². The van der Waals surface area contributed by atoms with Gasteiger partial charge in [-0.1, -0.05) is 12.8 Å². The summed E-state index contributed by atoms with van der Waals surface area (Å²) in [6.45, 7) is 4.93. The number of rotatable bonds is 5. The lowest BCUT2D eigenvalue weighted by atomic mass is 10.2. The monoisotopic (exact) mass is 277 g/mol. The van der Waals surface area contributed by atoms with Crippen molar-refractivity contribution in [1.82, 2.24) is 14.3 Å². The number of likely N-dealkylation sites (N-methyl/N-ethyl adjacent to an activating group) is 1. The zero-order valence-electron chi connectivity index (χ0n) is 11.1. The minimum atomic E-state index is -3.55. The molecular formula is C11H23N3O3S. The molecule has 7 heteroatoms. The lowest BCUT2D eigenvalue weighted by Crippen LogP contribution is -2.50. The minimum Gasteiger partial charge on any atom is -0.355 e. The molecule has 0 aromatic heterocycles. The number of nitrogens with zero attached hydrogens (tertiary/aromatic N) is 1. The molecule has 0 aliphatic carbocycles. The third-order valence-electron chi connectivity index (χ3n) is 2.97. The van der Waals surface area contributed by atoms with Crippen LogP contribution >= 0.6 is 0 Å². The normalized spacial score (nSPS) is 20.1. The lowest BCUT2D eigenvalue weighted by Gasteiger charge is -2.22. The molecule has 1 aliphatic heterocycles. The Labute approximate surface area is 109 Å². The molecule has 0 aromatic carbocycles. The van der Waals surface area contributed by atoms with Gasteiger partial charge in [-0.05, 0) is 26.7 Å². The second-order valence-corrected chi connectivity index (χ2v) is 6.25. The summed E-state index contributed by atoms with van der Waals surface area (Å²) >= 11 is 0. The fourth-order valence-electron chi connectivity index (χ4n) is 1.96. The van der Waals surface area contributed by atoms with E-state index in [-0.39, 0.29) is 5.91 Å². The molecular weight excluding hydrogens is 254 g/mol. The number of nitrogens with one attached hydrogen (secondary N) is 2. The fourth-order valence-corrected chi connectivity index (χ4v) is 3.40. The van der Waals surface area contributed by atoms with E-state index in [0.717, 1.165) is 25.7 Å². The van der Waals surface area contributed by atoms with Gasteiger partial charge in [-0.15, -0.1) is 0 Å². The third-order valence-corrected chi connectivity index (χ3v) is 4.67. The average molecular weight is 277 g/mol. The Kier molecular flexibility index (Phi) is 6.04. The summed E-state index contributed by atoms with van der Waals surface area (Å²) in [5.74, 6) is -0.295. The molecule has 106 valence electrons. The van der Waals surface area contributed by atoms with Crippen LogP contribution in [0.2, 0.25) is 0 Å². The first-order valence-corrected chi connectivity index (χ1v) is 7.96. The SMILES string of the molecule is CCNC(=O)C(C)NS(=O)(=O)N1CCCCCC1. The van der Waals surface area contributed by atoms with Crippen molar-refractivity contribution in [2.45, 2.75) is 45.6 Å². The summed E-state index contributed by atoms with van der Waals surface area (Å²) in [5.41, 5.74) is 0. The Morgan fingerprint density at radius 2 is 1.78 bits per heavy atom. The van der Waals surface area contributed by atoms with Crippen LogP contribution in [0.25, 0.3) is 0 Å². The zero-order chi connectivity index (χ0) is 13.6. The van der Waals surface area contributed by atoms with Crippen molar-refractivity contribution in [3.05, 3.63) is 0 Å². The predicted octanol–water partition coefficient (Wildman–Crippen LogP) is 0.221. The van der Waals surface area contributed by atoms with Crippen LogP contribution in [0.5, 0.6) is 0 Å². The van der Waals surface area contributed by atoms with E-state index in [9.17, 15) is 13.2 Å². The summed E-state index contributed by atoms with van der Waals surface area (Å²) in [4.78, 5) is 11.5. The van der Waals surface area contributed by atoms with Crippen LogP contribution in [0.3, 0.4) is 0 Å². The molecule has 1 rings (SSSR count). The number of carbonyl (C=O) groups is 1. The maximum absolute atomic E-state index is 12.1. The highest BCUT2D eigenvalue weighted by Crippen LogP contribution is 2.12. The molecule has 1 aliphatic rings. The Morgan fingerprint density at radius 1 is 1.22 bits per heavy atom. The van der Waals surface area contributed by atoms with Crippen LogP contribution in [-0.2, 0) is 15.0 Å². The van der Waals surface area contributed by atoms with Crippen molar-refractivity contribution in [1.29, 1.82) is 0 Å². The van der Waals surface area contributed by atoms with Crippen LogP contribution in [0, 0.1) is 0 Å². The first kappa shape index (κ1) is 15.4. The Morgan fingerprint density at radius 3 is 2.28 bits per heavy atom. The number of amides is 1. The van der Waals surface area contributed by atoms with Crippen molar-refractivity contribution in [2.75, 3.05) is 19.6 Å². The average Bonchev–Trinajstić information content (AvgIpc) is 2.57. The summed E-state index contributed by atoms with van der Waals surface area (Å²) in [6, 6.07) is -0.738. The second-order valence-electron chi connectivity index (χ2n) is 4.55. The molecule has 1 heterocycles. The number of hydrogen-bond donors (Lipinski definition) is 2. The van der Waals surface area contributed by atoms with Gasteiger partial charge in [0.1, 0.15) is 0 Å². The largest absolute Gasteiger partial charge is 0.355 e. The molecule has 1 fully saturated rings. The van der Waals surface area contributed by atoms with Crippen molar-refractivity contribution in [2.24, 2.45) is 0 Å². The van der Waals surface area contributed by atoms with Crippen LogP contribution in [0.15, 0.2) is 0 Å². The van der Waals surface area contributed by atoms with E-state index in [1.165, 1.54) is 4.31 Å². The predicted molar refractivity (Wildman–Crippen MR) is 70.2 cm³/mol. The summed E-state index contributed by atoms with van der Waals surface area (Å²) in [7, 11) is -3.55. The molecule has 18 heavy (non-hydrogen) atoms. The maximum Gasteiger partial charge on any atom is 0.280 e. The van der Waals surface area contributed by atoms with E-state index in [1.807, 2.05) is 0 Å². The van der Waals surface area contributed by atoms with Crippen LogP contribution in [-0.4, -0.2) is 44.3 Å². The van der Waals surface area contributed by atoms with Gasteiger partial charge in [0.25, 0.3) is 10.2 Å². The van der Waals surface area contributed by atoms with Gasteiger partial charge in [-0.25, -0.2) is 0 Å². The van der Waals surface area contributed by atoms with Gasteiger partial charge in [0.2, 0.25) is 5.91 Å². The Hall–Kier alpha value is -0.660. The molecule has 6 nitrogen and oxygen atoms in total. The minimum absolute atomic E-state index is 0.295. The van der Waals surface area contributed by atoms with E-state index < -0.39 is 16.3 Å². The maximum atomic E-state index is 12.1. The van der Waals surface area contributed by atoms with Gasteiger partial charge in [-0.3, -0.25) is 4.79 Å². The van der Waals surface area contributed by atoms with Crippen molar-refractivity contribution in [3.8, 4) is 0 Å². The molecule has 0 aromatic rings. The Bertz CT molecular complexity index is 362. The molecule has 0 radical (unpaired) electrons. The molecule has 1 saturated heterocycles. The highest BCUT2D eigenvalue weighted by atomic mass is 32.2. The molecule has 0 bridgehead atoms. The number of hydrogen-bond acceptors (Lipinski definition) is 3. The zero-order valence-corrected chi connectivity index (χ0v) is 11.9. The van der Waals surface area contributed by atoms with E-state index in [2.05, 4.69) is 10.0 Å². The Balaban J connectivity index is 2.59. The van der Waals surface area contributed by atoms with Gasteiger partial charge >= 0.3 is 0 Å². The van der Waals surface area contributed by atoms with E-state index >= 15 is 0 Å². The van der Waals surface area contributed by atoms with Crippen LogP contribution < -0.4 is 10.0 Å². The topological polar surface area (TPSA) is 78.5 Å². The first-order valence-electron chi connectivity index (χ1n) is 6.52. The van der Waals surface area contributed by atoms with Crippen molar-refractivity contribution >= 4 is 16.1 Å². The third kappa shape index (κ3) is 4.55. The molecule has 1 unspecified atom stereocenters. The molecule has 0 spiro atoms. The van der Waals surface area contributed by atoms with E-state index in [1.54, 1.807) is 13.8 Å². The van der Waals surface area contributed by atoms with Gasteiger partial charge in [0.15, 0.2) is 0 Å². The van der Waals surface area contributed by atoms with Gasteiger partial charge < -0.3 is 5.32 Å². The van der Waals surface area contributed by atoms with E-state index in [4.69, 9.17) is 0 Å². The highest BCUT2D eigenvalue weighted by Gasteiger charge is 2.26. The summed E-state index contributed by atoms with van der Waals surface area (Å²) in [5, 5.41) is 2.60. The smallest absolute Gasteiger partial charge is 0.280 e. The van der Waals surface area contributed by atoms with Crippen LogP contribution in [0.4, 0.5) is 0 Å². The quantitative estimate of drug-likeness (QED) is 0.754. The molecule has 0 saturated carbocycles. The van der Waals surface area contributed by atoms with Gasteiger partial charge in [0, 0.05) is 19.6 Å². The number of carbonyl (C=O) groups excluding carboxylic acids is 1. The first-order chi connectivity index (χ1) is 8.47. The van der Waals surface area contributed by atoms with Crippen LogP contribution in [0.1, 0.15) is 39.5 Å². The highest BCUT2D eigenvalue weighted by molar-refractivity contribution is 7.87. The summed E-state index contributed by atoms with van der Waals surface area (Å²) in [6.07, 6.45) is 3.91. The molecule has 1 amide bonds. The van der Waals surface area contributed by atoms with Crippen molar-refractivity contribution < 1.29 is 13.2 Å². The standard InChI is InChI=1S/C11H23N3O3S/c1-3-12-11(15)10(2)13-18(16,17)14-8-6-4-5-7-9-14/h10,13H,3-9H2,1-2H3,(H,12,15). The fraction of sp³-hybridized carbons (Fsp3) is 0.909.